The van der Waals surface area contributed by atoms with Gasteiger partial charge in [0.25, 0.3) is 5.69 Å². The number of nitrogens with zero attached hydrogens (tertiary/aromatic N) is 2. The van der Waals surface area contributed by atoms with Crippen molar-refractivity contribution in [3.8, 4) is 6.07 Å². The summed E-state index contributed by atoms with van der Waals surface area (Å²) in [5, 5.41) is 19.2. The Kier molecular flexibility index (Phi) is 3.37. The predicted molar refractivity (Wildman–Crippen MR) is 52.8 cm³/mol. The minimum Gasteiger partial charge on any atom is -0.294 e. The molecule has 0 N–H and O–H groups in total. The van der Waals surface area contributed by atoms with Crippen LogP contribution in [0.25, 0.3) is 0 Å². The molecular formula is C10H5F3N2O3. The van der Waals surface area contributed by atoms with Crippen molar-refractivity contribution < 1.29 is 22.9 Å². The van der Waals surface area contributed by atoms with Crippen LogP contribution in [0.4, 0.5) is 18.9 Å². The van der Waals surface area contributed by atoms with Crippen molar-refractivity contribution in [1.29, 1.82) is 5.26 Å². The predicted octanol–water partition coefficient (Wildman–Crippen LogP) is 2.69. The van der Waals surface area contributed by atoms with Crippen molar-refractivity contribution in [3.05, 3.63) is 38.9 Å². The molecule has 18 heavy (non-hydrogen) atoms. The SMILES string of the molecule is CC(=O)c1cc(C#N)c(C(F)(F)F)cc1[N+](=O)[O-]. The first kappa shape index (κ1) is 13.6. The van der Waals surface area contributed by atoms with Crippen LogP contribution in [0.3, 0.4) is 0 Å². The van der Waals surface area contributed by atoms with Crippen molar-refractivity contribution in [3.63, 3.8) is 0 Å². The normalized spacial score (nSPS) is 10.8. The minimum atomic E-state index is -4.90. The molecular weight excluding hydrogens is 253 g/mol. The summed E-state index contributed by atoms with van der Waals surface area (Å²) in [5.41, 5.74) is -3.74. The highest BCUT2D eigenvalue weighted by Gasteiger charge is 2.37. The Morgan fingerprint density at radius 1 is 1.44 bits per heavy atom. The van der Waals surface area contributed by atoms with Crippen molar-refractivity contribution >= 4 is 11.5 Å². The Hall–Kier alpha value is -2.43. The van der Waals surface area contributed by atoms with Gasteiger partial charge in [-0.15, -0.1) is 0 Å². The number of hydrogen-bond donors (Lipinski definition) is 0. The van der Waals surface area contributed by atoms with Crippen LogP contribution in [0.1, 0.15) is 28.4 Å². The summed E-state index contributed by atoms with van der Waals surface area (Å²) >= 11 is 0. The summed E-state index contributed by atoms with van der Waals surface area (Å²) < 4.78 is 37.7. The van der Waals surface area contributed by atoms with Crippen LogP contribution in [0.2, 0.25) is 0 Å². The van der Waals surface area contributed by atoms with Crippen molar-refractivity contribution in [1.82, 2.24) is 0 Å². The van der Waals surface area contributed by atoms with Gasteiger partial charge in [-0.1, -0.05) is 0 Å². The number of benzene rings is 1. The number of hydrogen-bond acceptors (Lipinski definition) is 4. The first-order chi connectivity index (χ1) is 8.18. The molecule has 0 amide bonds. The Labute approximate surface area is 98.6 Å². The second-order valence-corrected chi connectivity index (χ2v) is 3.34. The molecule has 94 valence electrons. The second kappa shape index (κ2) is 4.44. The van der Waals surface area contributed by atoms with Crippen LogP contribution in [-0.4, -0.2) is 10.7 Å². The largest absolute Gasteiger partial charge is 0.417 e. The molecule has 0 aliphatic carbocycles. The van der Waals surface area contributed by atoms with Crippen LogP contribution in [-0.2, 0) is 6.18 Å². The maximum atomic E-state index is 12.6. The smallest absolute Gasteiger partial charge is 0.294 e. The summed E-state index contributed by atoms with van der Waals surface area (Å²) in [6.07, 6.45) is -4.90. The highest BCUT2D eigenvalue weighted by atomic mass is 19.4. The maximum Gasteiger partial charge on any atom is 0.417 e. The lowest BCUT2D eigenvalue weighted by atomic mass is 10.0. The van der Waals surface area contributed by atoms with Crippen LogP contribution in [0.15, 0.2) is 12.1 Å². The van der Waals surface area contributed by atoms with E-state index in [-0.39, 0.29) is 6.07 Å². The first-order valence-corrected chi connectivity index (χ1v) is 4.49. The molecule has 0 spiro atoms. The lowest BCUT2D eigenvalue weighted by Gasteiger charge is -2.09. The summed E-state index contributed by atoms with van der Waals surface area (Å²) in [5.74, 6) is -0.785. The van der Waals surface area contributed by atoms with E-state index < -0.39 is 39.3 Å². The maximum absolute atomic E-state index is 12.6. The molecule has 0 unspecified atom stereocenters. The Bertz CT molecular complexity index is 573. The van der Waals surface area contributed by atoms with E-state index in [0.717, 1.165) is 6.92 Å². The molecule has 1 rings (SSSR count). The standard InChI is InChI=1S/C10H5F3N2O3/c1-5(16)7-2-6(4-14)8(10(11,12)13)3-9(7)15(17)18/h2-3H,1H3. The molecule has 5 nitrogen and oxygen atoms in total. The van der Waals surface area contributed by atoms with E-state index in [4.69, 9.17) is 5.26 Å². The van der Waals surface area contributed by atoms with Gasteiger partial charge in [0.2, 0.25) is 0 Å². The molecule has 0 heterocycles. The summed E-state index contributed by atoms with van der Waals surface area (Å²) in [6.45, 7) is 0.969. The molecule has 0 radical (unpaired) electrons. The van der Waals surface area contributed by atoms with E-state index >= 15 is 0 Å². The zero-order chi connectivity index (χ0) is 14.1. The molecule has 1 aromatic rings. The fraction of sp³-hybridized carbons (Fsp3) is 0.200. The average Bonchev–Trinajstić information content (AvgIpc) is 2.25. The second-order valence-electron chi connectivity index (χ2n) is 3.34. The van der Waals surface area contributed by atoms with Gasteiger partial charge >= 0.3 is 6.18 Å². The lowest BCUT2D eigenvalue weighted by Crippen LogP contribution is -2.11. The topological polar surface area (TPSA) is 84.0 Å². The van der Waals surface area contributed by atoms with Crippen LogP contribution in [0, 0.1) is 21.4 Å². The van der Waals surface area contributed by atoms with E-state index in [2.05, 4.69) is 0 Å². The Morgan fingerprint density at radius 2 is 2.00 bits per heavy atom. The zero-order valence-electron chi connectivity index (χ0n) is 8.91. The molecule has 0 aliphatic rings. The fourth-order valence-corrected chi connectivity index (χ4v) is 1.35. The molecule has 0 saturated heterocycles. The summed E-state index contributed by atoms with van der Waals surface area (Å²) in [6, 6.07) is 2.06. The first-order valence-electron chi connectivity index (χ1n) is 4.49. The number of Topliss-reactive ketones (excluding diaryl/α,β-unsaturated/α-hetero) is 1. The van der Waals surface area contributed by atoms with E-state index in [1.807, 2.05) is 0 Å². The summed E-state index contributed by atoms with van der Waals surface area (Å²) in [4.78, 5) is 20.6. The van der Waals surface area contributed by atoms with Gasteiger partial charge in [-0.05, 0) is 13.0 Å². The fourth-order valence-electron chi connectivity index (χ4n) is 1.35. The van der Waals surface area contributed by atoms with Crippen LogP contribution >= 0.6 is 0 Å². The average molecular weight is 258 g/mol. The Balaban J connectivity index is 3.69. The molecule has 8 heteroatoms. The van der Waals surface area contributed by atoms with Crippen LogP contribution in [0.5, 0.6) is 0 Å². The lowest BCUT2D eigenvalue weighted by molar-refractivity contribution is -0.385. The van der Waals surface area contributed by atoms with Gasteiger partial charge in [0.15, 0.2) is 5.78 Å². The van der Waals surface area contributed by atoms with Crippen molar-refractivity contribution in [2.45, 2.75) is 13.1 Å². The number of nitro benzene ring substituents is 1. The van der Waals surface area contributed by atoms with Gasteiger partial charge in [0.05, 0.1) is 27.7 Å². The molecule has 0 saturated carbocycles. The summed E-state index contributed by atoms with van der Waals surface area (Å²) in [7, 11) is 0. The number of rotatable bonds is 2. The van der Waals surface area contributed by atoms with Crippen molar-refractivity contribution in [2.24, 2.45) is 0 Å². The zero-order valence-corrected chi connectivity index (χ0v) is 8.91. The van der Waals surface area contributed by atoms with E-state index in [0.29, 0.717) is 6.07 Å². The van der Waals surface area contributed by atoms with Gasteiger partial charge in [-0.3, -0.25) is 14.9 Å². The third-order valence-corrected chi connectivity index (χ3v) is 2.14. The minimum absolute atomic E-state index is 0.204. The van der Waals surface area contributed by atoms with E-state index in [1.165, 1.54) is 6.07 Å². The number of carbonyl (C=O) groups excluding carboxylic acids is 1. The monoisotopic (exact) mass is 258 g/mol. The number of carbonyl (C=O) groups is 1. The molecule has 0 bridgehead atoms. The number of alkyl halides is 3. The van der Waals surface area contributed by atoms with Crippen molar-refractivity contribution in [2.75, 3.05) is 0 Å². The van der Waals surface area contributed by atoms with E-state index in [9.17, 15) is 28.1 Å². The molecule has 0 fully saturated rings. The van der Waals surface area contributed by atoms with E-state index in [1.54, 1.807) is 0 Å². The molecule has 0 aliphatic heterocycles. The number of halogens is 3. The van der Waals surface area contributed by atoms with Gasteiger partial charge in [-0.25, -0.2) is 0 Å². The molecule has 1 aromatic carbocycles. The van der Waals surface area contributed by atoms with Gasteiger partial charge in [0.1, 0.15) is 0 Å². The third kappa shape index (κ3) is 2.45. The van der Waals surface area contributed by atoms with Gasteiger partial charge in [0, 0.05) is 6.07 Å². The quantitative estimate of drug-likeness (QED) is 0.463. The number of nitro groups is 1. The number of nitriles is 1. The van der Waals surface area contributed by atoms with Gasteiger partial charge < -0.3 is 0 Å². The molecule has 0 aromatic heterocycles. The van der Waals surface area contributed by atoms with Gasteiger partial charge in [-0.2, -0.15) is 18.4 Å². The van der Waals surface area contributed by atoms with Crippen LogP contribution < -0.4 is 0 Å². The molecule has 0 atom stereocenters. The third-order valence-electron chi connectivity index (χ3n) is 2.14. The Morgan fingerprint density at radius 3 is 2.33 bits per heavy atom. The highest BCUT2D eigenvalue weighted by Crippen LogP contribution is 2.35. The highest BCUT2D eigenvalue weighted by molar-refractivity contribution is 5.98. The number of ketones is 1.